The van der Waals surface area contributed by atoms with Gasteiger partial charge in [0.05, 0.1) is 6.61 Å². The Morgan fingerprint density at radius 1 is 1.64 bits per heavy atom. The minimum absolute atomic E-state index is 0.254. The van der Waals surface area contributed by atoms with Crippen molar-refractivity contribution in [3.05, 3.63) is 11.6 Å². The average molecular weight is 201 g/mol. The lowest BCUT2D eigenvalue weighted by atomic mass is 10.1. The van der Waals surface area contributed by atoms with Crippen LogP contribution < -0.4 is 5.32 Å². The second kappa shape index (κ2) is 6.95. The zero-order valence-electron chi connectivity index (χ0n) is 8.66. The molecule has 82 valence electrons. The number of nitrogens with one attached hydrogen (secondary N) is 1. The molecule has 0 aromatic carbocycles. The van der Waals surface area contributed by atoms with Crippen molar-refractivity contribution in [1.82, 2.24) is 5.32 Å². The van der Waals surface area contributed by atoms with Crippen LogP contribution in [-0.2, 0) is 9.47 Å². The largest absolute Gasteiger partial charge is 0.396 e. The van der Waals surface area contributed by atoms with Crippen LogP contribution in [0.3, 0.4) is 0 Å². The molecule has 0 unspecified atom stereocenters. The van der Waals surface area contributed by atoms with E-state index < -0.39 is 0 Å². The molecule has 1 atom stereocenters. The van der Waals surface area contributed by atoms with Crippen molar-refractivity contribution in [3.8, 4) is 0 Å². The van der Waals surface area contributed by atoms with Crippen molar-refractivity contribution in [2.24, 2.45) is 0 Å². The lowest BCUT2D eigenvalue weighted by Gasteiger charge is -2.14. The Hall–Kier alpha value is -0.420. The van der Waals surface area contributed by atoms with Crippen LogP contribution >= 0.6 is 0 Å². The molecule has 4 nitrogen and oxygen atoms in total. The normalized spacial score (nSPS) is 21.3. The highest BCUT2D eigenvalue weighted by Crippen LogP contribution is 2.13. The van der Waals surface area contributed by atoms with E-state index in [1.165, 1.54) is 5.57 Å². The van der Waals surface area contributed by atoms with Gasteiger partial charge in [0.25, 0.3) is 0 Å². The summed E-state index contributed by atoms with van der Waals surface area (Å²) in [5.74, 6) is 0. The van der Waals surface area contributed by atoms with E-state index in [4.69, 9.17) is 14.6 Å². The fourth-order valence-electron chi connectivity index (χ4n) is 1.59. The van der Waals surface area contributed by atoms with Gasteiger partial charge >= 0.3 is 0 Å². The summed E-state index contributed by atoms with van der Waals surface area (Å²) in [7, 11) is 1.62. The quantitative estimate of drug-likeness (QED) is 0.353. The van der Waals surface area contributed by atoms with Gasteiger partial charge in [0.1, 0.15) is 6.79 Å². The molecule has 0 bridgehead atoms. The maximum absolute atomic E-state index is 8.73. The van der Waals surface area contributed by atoms with Crippen LogP contribution in [0.1, 0.15) is 12.8 Å². The third-order valence-corrected chi connectivity index (χ3v) is 2.30. The molecule has 0 saturated carbocycles. The van der Waals surface area contributed by atoms with Crippen molar-refractivity contribution >= 4 is 0 Å². The number of rotatable bonds is 7. The van der Waals surface area contributed by atoms with Crippen LogP contribution in [0.15, 0.2) is 11.6 Å². The van der Waals surface area contributed by atoms with E-state index in [9.17, 15) is 0 Å². The molecule has 0 aromatic rings. The highest BCUT2D eigenvalue weighted by Gasteiger charge is 2.17. The lowest BCUT2D eigenvalue weighted by molar-refractivity contribution is -0.0221. The minimum Gasteiger partial charge on any atom is -0.396 e. The molecular formula is C10H19NO3. The summed E-state index contributed by atoms with van der Waals surface area (Å²) in [6, 6.07) is 0.374. The summed E-state index contributed by atoms with van der Waals surface area (Å²) in [5, 5.41) is 12.1. The van der Waals surface area contributed by atoms with Gasteiger partial charge in [0.15, 0.2) is 0 Å². The Bertz CT molecular complexity index is 182. The molecule has 1 aliphatic heterocycles. The highest BCUT2D eigenvalue weighted by molar-refractivity contribution is 5.17. The van der Waals surface area contributed by atoms with Gasteiger partial charge < -0.3 is 19.9 Å². The van der Waals surface area contributed by atoms with Crippen molar-refractivity contribution in [2.75, 3.05) is 33.7 Å². The van der Waals surface area contributed by atoms with Crippen LogP contribution in [0.4, 0.5) is 0 Å². The Morgan fingerprint density at radius 2 is 2.50 bits per heavy atom. The molecule has 14 heavy (non-hydrogen) atoms. The summed E-state index contributed by atoms with van der Waals surface area (Å²) < 4.78 is 10.1. The Morgan fingerprint density at radius 3 is 3.21 bits per heavy atom. The van der Waals surface area contributed by atoms with E-state index >= 15 is 0 Å². The summed E-state index contributed by atoms with van der Waals surface area (Å²) in [5.41, 5.74) is 1.27. The van der Waals surface area contributed by atoms with Gasteiger partial charge in [0, 0.05) is 26.3 Å². The third-order valence-electron chi connectivity index (χ3n) is 2.30. The number of aliphatic hydroxyl groups is 1. The molecule has 0 radical (unpaired) electrons. The van der Waals surface area contributed by atoms with E-state index in [1.807, 2.05) is 0 Å². The van der Waals surface area contributed by atoms with Gasteiger partial charge in [-0.3, -0.25) is 0 Å². The predicted molar refractivity (Wildman–Crippen MR) is 54.0 cm³/mol. The standard InChI is InChI=1S/C10H19NO3/c1-13-8-14-7-9-4-5-11-10(9)3-2-6-12/h4,10-12H,2-3,5-8H2,1H3/t10-/m0/s1. The van der Waals surface area contributed by atoms with Crippen molar-refractivity contribution in [3.63, 3.8) is 0 Å². The zero-order valence-corrected chi connectivity index (χ0v) is 8.66. The number of hydrogen-bond acceptors (Lipinski definition) is 4. The second-order valence-electron chi connectivity index (χ2n) is 3.36. The van der Waals surface area contributed by atoms with Gasteiger partial charge in [-0.05, 0) is 18.4 Å². The molecule has 1 heterocycles. The SMILES string of the molecule is COCOCC1=CCN[C@H]1CCCO. The van der Waals surface area contributed by atoms with Gasteiger partial charge in [0.2, 0.25) is 0 Å². The van der Waals surface area contributed by atoms with Crippen LogP contribution in [-0.4, -0.2) is 44.8 Å². The van der Waals surface area contributed by atoms with Crippen molar-refractivity contribution in [1.29, 1.82) is 0 Å². The van der Waals surface area contributed by atoms with Gasteiger partial charge in [-0.1, -0.05) is 6.08 Å². The molecule has 0 amide bonds. The Labute approximate surface area is 84.9 Å². The second-order valence-corrected chi connectivity index (χ2v) is 3.36. The Balaban J connectivity index is 2.20. The molecule has 1 rings (SSSR count). The van der Waals surface area contributed by atoms with Crippen LogP contribution in [0.2, 0.25) is 0 Å². The average Bonchev–Trinajstić information content (AvgIpc) is 2.63. The van der Waals surface area contributed by atoms with Crippen LogP contribution in [0, 0.1) is 0 Å². The predicted octanol–water partition coefficient (Wildman–Crippen LogP) is 0.278. The summed E-state index contributed by atoms with van der Waals surface area (Å²) in [6.45, 7) is 2.12. The summed E-state index contributed by atoms with van der Waals surface area (Å²) >= 11 is 0. The monoisotopic (exact) mass is 201 g/mol. The fraction of sp³-hybridized carbons (Fsp3) is 0.800. The molecule has 0 saturated heterocycles. The zero-order chi connectivity index (χ0) is 10.2. The minimum atomic E-state index is 0.254. The molecule has 0 spiro atoms. The Kier molecular flexibility index (Phi) is 5.78. The van der Waals surface area contributed by atoms with E-state index in [0.717, 1.165) is 19.4 Å². The number of ether oxygens (including phenoxy) is 2. The van der Waals surface area contributed by atoms with Gasteiger partial charge in [-0.2, -0.15) is 0 Å². The smallest absolute Gasteiger partial charge is 0.146 e. The molecular weight excluding hydrogens is 182 g/mol. The van der Waals surface area contributed by atoms with E-state index in [2.05, 4.69) is 11.4 Å². The molecule has 4 heteroatoms. The van der Waals surface area contributed by atoms with Crippen molar-refractivity contribution in [2.45, 2.75) is 18.9 Å². The topological polar surface area (TPSA) is 50.7 Å². The summed E-state index contributed by atoms with van der Waals surface area (Å²) in [6.07, 6.45) is 3.95. The number of hydrogen-bond donors (Lipinski definition) is 2. The van der Waals surface area contributed by atoms with Crippen LogP contribution in [0.5, 0.6) is 0 Å². The molecule has 0 fully saturated rings. The molecule has 2 N–H and O–H groups in total. The van der Waals surface area contributed by atoms with Gasteiger partial charge in [-0.15, -0.1) is 0 Å². The number of methoxy groups -OCH3 is 1. The maximum atomic E-state index is 8.73. The number of aliphatic hydroxyl groups excluding tert-OH is 1. The molecule has 0 aromatic heterocycles. The van der Waals surface area contributed by atoms with Crippen LogP contribution in [0.25, 0.3) is 0 Å². The first-order valence-electron chi connectivity index (χ1n) is 4.98. The lowest BCUT2D eigenvalue weighted by Crippen LogP contribution is -2.27. The maximum Gasteiger partial charge on any atom is 0.146 e. The molecule has 0 aliphatic carbocycles. The molecule has 1 aliphatic rings. The van der Waals surface area contributed by atoms with E-state index in [-0.39, 0.29) is 6.61 Å². The third kappa shape index (κ3) is 3.75. The van der Waals surface area contributed by atoms with Gasteiger partial charge in [-0.25, -0.2) is 0 Å². The first kappa shape index (κ1) is 11.7. The first-order valence-corrected chi connectivity index (χ1v) is 4.98. The van der Waals surface area contributed by atoms with Crippen molar-refractivity contribution < 1.29 is 14.6 Å². The highest BCUT2D eigenvalue weighted by atomic mass is 16.7. The first-order chi connectivity index (χ1) is 6.88. The summed E-state index contributed by atoms with van der Waals surface area (Å²) in [4.78, 5) is 0. The fourth-order valence-corrected chi connectivity index (χ4v) is 1.59. The van der Waals surface area contributed by atoms with E-state index in [0.29, 0.717) is 19.4 Å². The van der Waals surface area contributed by atoms with E-state index in [1.54, 1.807) is 7.11 Å².